The van der Waals surface area contributed by atoms with Gasteiger partial charge in [0.15, 0.2) is 0 Å². The highest BCUT2D eigenvalue weighted by Gasteiger charge is 2.41. The molecule has 0 aromatic carbocycles. The fraction of sp³-hybridized carbons (Fsp3) is 0.556. The van der Waals surface area contributed by atoms with Gasteiger partial charge in [0.2, 0.25) is 0 Å². The summed E-state index contributed by atoms with van der Waals surface area (Å²) in [4.78, 5) is 1.18. The van der Waals surface area contributed by atoms with Crippen molar-refractivity contribution < 1.29 is 5.11 Å². The van der Waals surface area contributed by atoms with E-state index in [9.17, 15) is 5.11 Å². The zero-order valence-corrected chi connectivity index (χ0v) is 7.90. The van der Waals surface area contributed by atoms with Gasteiger partial charge in [-0.15, -0.1) is 11.3 Å². The fourth-order valence-corrected chi connectivity index (χ4v) is 3.02. The molecule has 2 nitrogen and oxygen atoms in total. The van der Waals surface area contributed by atoms with E-state index in [-0.39, 0.29) is 6.61 Å². The molecule has 1 aromatic heterocycles. The highest BCUT2D eigenvalue weighted by atomic mass is 32.1. The third-order valence-electron chi connectivity index (χ3n) is 2.84. The average molecular weight is 183 g/mol. The van der Waals surface area contributed by atoms with Crippen LogP contribution in [0.25, 0.3) is 0 Å². The molecule has 0 saturated heterocycles. The molecule has 0 radical (unpaired) electrons. The Labute approximate surface area is 76.0 Å². The quantitative estimate of drug-likeness (QED) is 0.684. The van der Waals surface area contributed by atoms with Crippen LogP contribution in [-0.4, -0.2) is 11.7 Å². The van der Waals surface area contributed by atoms with Crippen LogP contribution in [-0.2, 0) is 12.0 Å². The number of nitrogens with two attached hydrogens (primary N) is 1. The van der Waals surface area contributed by atoms with Crippen LogP contribution in [0.4, 0.5) is 0 Å². The molecule has 1 aromatic rings. The molecule has 1 heterocycles. The summed E-state index contributed by atoms with van der Waals surface area (Å²) >= 11 is 1.66. The molecule has 0 amide bonds. The van der Waals surface area contributed by atoms with Crippen LogP contribution in [0.3, 0.4) is 0 Å². The van der Waals surface area contributed by atoms with E-state index in [2.05, 4.69) is 13.0 Å². The van der Waals surface area contributed by atoms with E-state index in [1.54, 1.807) is 11.3 Å². The molecule has 3 N–H and O–H groups in total. The molecule has 0 bridgehead atoms. The van der Waals surface area contributed by atoms with Gasteiger partial charge in [-0.1, -0.05) is 6.92 Å². The van der Waals surface area contributed by atoms with Gasteiger partial charge in [0.1, 0.15) is 0 Å². The lowest BCUT2D eigenvalue weighted by Gasteiger charge is -2.26. The minimum atomic E-state index is -0.469. The van der Waals surface area contributed by atoms with Crippen molar-refractivity contribution in [1.82, 2.24) is 0 Å². The Hall–Kier alpha value is -0.380. The Kier molecular flexibility index (Phi) is 1.75. The van der Waals surface area contributed by atoms with Gasteiger partial charge in [0.05, 0.1) is 12.1 Å². The molecule has 1 aliphatic carbocycles. The lowest BCUT2D eigenvalue weighted by Crippen LogP contribution is -2.43. The summed E-state index contributed by atoms with van der Waals surface area (Å²) in [5, 5.41) is 11.3. The number of hydrogen-bond acceptors (Lipinski definition) is 3. The topological polar surface area (TPSA) is 46.2 Å². The molecule has 66 valence electrons. The molecule has 3 heteroatoms. The summed E-state index contributed by atoms with van der Waals surface area (Å²) in [7, 11) is 0. The number of aliphatic hydroxyl groups is 1. The van der Waals surface area contributed by atoms with Crippen LogP contribution in [0.2, 0.25) is 0 Å². The summed E-state index contributed by atoms with van der Waals surface area (Å²) < 4.78 is 0. The number of hydrogen-bond donors (Lipinski definition) is 2. The Morgan fingerprint density at radius 2 is 2.58 bits per heavy atom. The Morgan fingerprint density at radius 3 is 3.25 bits per heavy atom. The molecule has 12 heavy (non-hydrogen) atoms. The molecular formula is C9H13NOS. The van der Waals surface area contributed by atoms with Gasteiger partial charge in [0, 0.05) is 4.88 Å². The summed E-state index contributed by atoms with van der Waals surface area (Å²) in [6.07, 6.45) is 1.01. The van der Waals surface area contributed by atoms with E-state index >= 15 is 0 Å². The first-order chi connectivity index (χ1) is 5.68. The predicted molar refractivity (Wildman–Crippen MR) is 50.1 cm³/mol. The van der Waals surface area contributed by atoms with Gasteiger partial charge >= 0.3 is 0 Å². The normalized spacial score (nSPS) is 33.8. The largest absolute Gasteiger partial charge is 0.394 e. The zero-order valence-electron chi connectivity index (χ0n) is 7.08. The van der Waals surface area contributed by atoms with Crippen LogP contribution in [0.1, 0.15) is 17.4 Å². The lowest BCUT2D eigenvalue weighted by molar-refractivity contribution is 0.162. The first-order valence-corrected chi connectivity index (χ1v) is 5.03. The molecule has 1 aliphatic rings. The fourth-order valence-electron chi connectivity index (χ4n) is 1.87. The Morgan fingerprint density at radius 1 is 1.83 bits per heavy atom. The maximum absolute atomic E-state index is 9.24. The first kappa shape index (κ1) is 8.23. The van der Waals surface area contributed by atoms with Gasteiger partial charge < -0.3 is 10.8 Å². The molecule has 0 aliphatic heterocycles. The second kappa shape index (κ2) is 2.55. The summed E-state index contributed by atoms with van der Waals surface area (Å²) in [5.74, 6) is 0.366. The van der Waals surface area contributed by atoms with Crippen molar-refractivity contribution in [2.24, 2.45) is 11.7 Å². The van der Waals surface area contributed by atoms with Crippen LogP contribution in [0.5, 0.6) is 0 Å². The van der Waals surface area contributed by atoms with E-state index in [1.165, 1.54) is 10.4 Å². The Bertz CT molecular complexity index is 296. The molecule has 0 spiro atoms. The van der Waals surface area contributed by atoms with Crippen molar-refractivity contribution >= 4 is 11.3 Å². The van der Waals surface area contributed by atoms with Crippen molar-refractivity contribution in [2.75, 3.05) is 6.61 Å². The van der Waals surface area contributed by atoms with Crippen LogP contribution in [0, 0.1) is 5.92 Å². The summed E-state index contributed by atoms with van der Waals surface area (Å²) in [6, 6.07) is 2.11. The molecule has 2 unspecified atom stereocenters. The predicted octanol–water partition coefficient (Wildman–Crippen LogP) is 1.09. The van der Waals surface area contributed by atoms with E-state index in [0.717, 1.165) is 6.42 Å². The van der Waals surface area contributed by atoms with Crippen molar-refractivity contribution in [1.29, 1.82) is 0 Å². The monoisotopic (exact) mass is 183 g/mol. The van der Waals surface area contributed by atoms with Gasteiger partial charge in [-0.05, 0) is 29.3 Å². The van der Waals surface area contributed by atoms with E-state index in [1.807, 2.05) is 5.38 Å². The molecule has 0 saturated carbocycles. The summed E-state index contributed by atoms with van der Waals surface area (Å²) in [6.45, 7) is 2.16. The third-order valence-corrected chi connectivity index (χ3v) is 3.99. The number of rotatable bonds is 1. The van der Waals surface area contributed by atoms with Crippen molar-refractivity contribution in [3.05, 3.63) is 21.9 Å². The lowest BCUT2D eigenvalue weighted by atomic mass is 9.91. The molecular weight excluding hydrogens is 170 g/mol. The van der Waals surface area contributed by atoms with Crippen LogP contribution in [0.15, 0.2) is 11.4 Å². The minimum Gasteiger partial charge on any atom is -0.394 e. The standard InChI is InChI=1S/C9H13NOS/c1-6-4-7-2-3-12-8(7)9(6,10)5-11/h2-3,6,11H,4-5,10H2,1H3. The second-order valence-corrected chi connectivity index (χ2v) is 4.49. The van der Waals surface area contributed by atoms with Crippen molar-refractivity contribution in [3.63, 3.8) is 0 Å². The minimum absolute atomic E-state index is 0.0572. The third kappa shape index (κ3) is 0.873. The summed E-state index contributed by atoms with van der Waals surface area (Å²) in [5.41, 5.74) is 6.97. The number of thiophene rings is 1. The van der Waals surface area contributed by atoms with Crippen LogP contribution >= 0.6 is 11.3 Å². The maximum atomic E-state index is 9.24. The number of aliphatic hydroxyl groups excluding tert-OH is 1. The zero-order chi connectivity index (χ0) is 8.77. The molecule has 2 rings (SSSR count). The van der Waals surface area contributed by atoms with E-state index in [0.29, 0.717) is 5.92 Å². The van der Waals surface area contributed by atoms with Crippen molar-refractivity contribution in [2.45, 2.75) is 18.9 Å². The van der Waals surface area contributed by atoms with Gasteiger partial charge in [0.25, 0.3) is 0 Å². The highest BCUT2D eigenvalue weighted by molar-refractivity contribution is 7.10. The van der Waals surface area contributed by atoms with Crippen molar-refractivity contribution in [3.8, 4) is 0 Å². The Balaban J connectivity index is 2.48. The molecule has 2 atom stereocenters. The van der Waals surface area contributed by atoms with Gasteiger partial charge in [-0.3, -0.25) is 0 Å². The average Bonchev–Trinajstić information content (AvgIpc) is 2.57. The molecule has 0 fully saturated rings. The van der Waals surface area contributed by atoms with E-state index < -0.39 is 5.54 Å². The SMILES string of the molecule is CC1Cc2ccsc2C1(N)CO. The van der Waals surface area contributed by atoms with Crippen LogP contribution < -0.4 is 5.73 Å². The maximum Gasteiger partial charge on any atom is 0.0769 e. The van der Waals surface area contributed by atoms with Gasteiger partial charge in [-0.2, -0.15) is 0 Å². The smallest absolute Gasteiger partial charge is 0.0769 e. The number of fused-ring (bicyclic) bond motifs is 1. The highest BCUT2D eigenvalue weighted by Crippen LogP contribution is 2.42. The van der Waals surface area contributed by atoms with Gasteiger partial charge in [-0.25, -0.2) is 0 Å². The second-order valence-electron chi connectivity index (χ2n) is 3.58. The van der Waals surface area contributed by atoms with E-state index in [4.69, 9.17) is 5.73 Å². The first-order valence-electron chi connectivity index (χ1n) is 4.15.